The van der Waals surface area contributed by atoms with Gasteiger partial charge in [-0.3, -0.25) is 4.57 Å². The summed E-state index contributed by atoms with van der Waals surface area (Å²) in [7, 11) is 0. The highest BCUT2D eigenvalue weighted by atomic mass is 16.7. The van der Waals surface area contributed by atoms with Crippen molar-refractivity contribution in [1.29, 1.82) is 0 Å². The van der Waals surface area contributed by atoms with Gasteiger partial charge in [0.2, 0.25) is 6.29 Å². The van der Waals surface area contributed by atoms with E-state index in [4.69, 9.17) is 9.47 Å². The number of hydrogen-bond donors (Lipinski definition) is 0. The molecule has 0 spiro atoms. The van der Waals surface area contributed by atoms with Crippen LogP contribution < -0.4 is 9.47 Å². The molecular formula is C20H20N2O2. The molecule has 0 N–H and O–H groups in total. The Morgan fingerprint density at radius 3 is 2.54 bits per heavy atom. The van der Waals surface area contributed by atoms with Gasteiger partial charge in [-0.2, -0.15) is 0 Å². The van der Waals surface area contributed by atoms with Crippen molar-refractivity contribution < 1.29 is 9.47 Å². The smallest absolute Gasteiger partial charge is 0.238 e. The van der Waals surface area contributed by atoms with Gasteiger partial charge in [0.1, 0.15) is 5.82 Å². The third-order valence-corrected chi connectivity index (χ3v) is 4.31. The zero-order valence-electron chi connectivity index (χ0n) is 14.3. The van der Waals surface area contributed by atoms with E-state index in [1.807, 2.05) is 37.5 Å². The Kier molecular flexibility index (Phi) is 3.34. The van der Waals surface area contributed by atoms with E-state index in [0.29, 0.717) is 0 Å². The van der Waals surface area contributed by atoms with Crippen LogP contribution in [0.4, 0.5) is 0 Å². The van der Waals surface area contributed by atoms with Crippen LogP contribution in [-0.4, -0.2) is 15.8 Å². The second kappa shape index (κ2) is 5.41. The minimum atomic E-state index is -0.271. The largest absolute Gasteiger partial charge is 0.451 e. The van der Waals surface area contributed by atoms with Crippen LogP contribution in [0.15, 0.2) is 42.7 Å². The van der Waals surface area contributed by atoms with Gasteiger partial charge in [-0.1, -0.05) is 23.8 Å². The number of hydrogen-bond acceptors (Lipinski definition) is 3. The molecular weight excluding hydrogens is 300 g/mol. The number of nitrogens with zero attached hydrogens (tertiary/aromatic N) is 2. The molecule has 4 rings (SSSR count). The molecule has 0 bridgehead atoms. The fraction of sp³-hybridized carbons (Fsp3) is 0.250. The lowest BCUT2D eigenvalue weighted by molar-refractivity contribution is 0.0681. The first-order valence-corrected chi connectivity index (χ1v) is 8.13. The maximum Gasteiger partial charge on any atom is 0.238 e. The topological polar surface area (TPSA) is 36.3 Å². The minimum Gasteiger partial charge on any atom is -0.451 e. The van der Waals surface area contributed by atoms with Crippen molar-refractivity contribution in [2.45, 2.75) is 34.0 Å². The molecule has 4 heteroatoms. The molecule has 1 aliphatic heterocycles. The first-order valence-electron chi connectivity index (χ1n) is 8.13. The highest BCUT2D eigenvalue weighted by Gasteiger charge is 2.26. The summed E-state index contributed by atoms with van der Waals surface area (Å²) in [5.41, 5.74) is 5.83. The van der Waals surface area contributed by atoms with Crippen molar-refractivity contribution in [3.05, 3.63) is 59.4 Å². The second-order valence-corrected chi connectivity index (χ2v) is 6.30. The number of aryl methyl sites for hydroxylation is 3. The predicted molar refractivity (Wildman–Crippen MR) is 93.9 cm³/mol. The standard InChI is InChI=1S/C20H20N2O2/c1-12-10-13(2)18(14(3)11-12)22-9-8-21-20(22)16-6-5-7-17-19(16)24-15(4)23-17/h5-11,15H,1-4H3. The number of ether oxygens (including phenoxy) is 2. The Morgan fingerprint density at radius 1 is 1.04 bits per heavy atom. The molecule has 2 aromatic carbocycles. The van der Waals surface area contributed by atoms with Crippen LogP contribution in [0.5, 0.6) is 11.5 Å². The number of fused-ring (bicyclic) bond motifs is 1. The number of para-hydroxylation sites is 1. The third-order valence-electron chi connectivity index (χ3n) is 4.31. The van der Waals surface area contributed by atoms with Crippen LogP contribution in [0.25, 0.3) is 17.1 Å². The number of aromatic nitrogens is 2. The van der Waals surface area contributed by atoms with Crippen LogP contribution in [0, 0.1) is 20.8 Å². The van der Waals surface area contributed by atoms with E-state index in [-0.39, 0.29) is 6.29 Å². The molecule has 1 unspecified atom stereocenters. The lowest BCUT2D eigenvalue weighted by Crippen LogP contribution is -2.11. The normalized spacial score (nSPS) is 15.8. The van der Waals surface area contributed by atoms with Crippen molar-refractivity contribution in [3.8, 4) is 28.6 Å². The molecule has 2 heterocycles. The number of rotatable bonds is 2. The lowest BCUT2D eigenvalue weighted by atomic mass is 10.0. The summed E-state index contributed by atoms with van der Waals surface area (Å²) in [6, 6.07) is 10.3. The van der Waals surface area contributed by atoms with Gasteiger partial charge in [0, 0.05) is 19.3 Å². The summed E-state index contributed by atoms with van der Waals surface area (Å²) >= 11 is 0. The van der Waals surface area contributed by atoms with E-state index >= 15 is 0 Å². The molecule has 4 nitrogen and oxygen atoms in total. The van der Waals surface area contributed by atoms with Crippen LogP contribution in [0.2, 0.25) is 0 Å². The third kappa shape index (κ3) is 2.26. The fourth-order valence-electron chi connectivity index (χ4n) is 3.51. The summed E-state index contributed by atoms with van der Waals surface area (Å²) in [6.45, 7) is 8.28. The summed E-state index contributed by atoms with van der Waals surface area (Å²) in [5, 5.41) is 0. The Hall–Kier alpha value is -2.75. The monoisotopic (exact) mass is 320 g/mol. The maximum absolute atomic E-state index is 5.86. The van der Waals surface area contributed by atoms with Crippen molar-refractivity contribution in [3.63, 3.8) is 0 Å². The van der Waals surface area contributed by atoms with E-state index in [1.165, 1.54) is 16.7 Å². The number of imidazole rings is 1. The van der Waals surface area contributed by atoms with E-state index in [9.17, 15) is 0 Å². The molecule has 1 aliphatic rings. The van der Waals surface area contributed by atoms with Gasteiger partial charge in [-0.05, 0) is 44.0 Å². The second-order valence-electron chi connectivity index (χ2n) is 6.30. The summed E-state index contributed by atoms with van der Waals surface area (Å²) in [6.07, 6.45) is 3.55. The highest BCUT2D eigenvalue weighted by molar-refractivity contribution is 5.72. The van der Waals surface area contributed by atoms with Crippen molar-refractivity contribution in [2.24, 2.45) is 0 Å². The molecule has 0 amide bonds. The first kappa shape index (κ1) is 14.8. The van der Waals surface area contributed by atoms with Crippen molar-refractivity contribution in [2.75, 3.05) is 0 Å². The molecule has 0 radical (unpaired) electrons. The highest BCUT2D eigenvalue weighted by Crippen LogP contribution is 2.43. The van der Waals surface area contributed by atoms with Gasteiger partial charge in [-0.25, -0.2) is 4.98 Å². The van der Waals surface area contributed by atoms with Gasteiger partial charge in [0.05, 0.1) is 11.3 Å². The van der Waals surface area contributed by atoms with Crippen LogP contribution >= 0.6 is 0 Å². The average molecular weight is 320 g/mol. The fourth-order valence-corrected chi connectivity index (χ4v) is 3.51. The van der Waals surface area contributed by atoms with Gasteiger partial charge in [-0.15, -0.1) is 0 Å². The molecule has 0 saturated carbocycles. The zero-order valence-corrected chi connectivity index (χ0v) is 14.3. The van der Waals surface area contributed by atoms with Gasteiger partial charge in [0.15, 0.2) is 11.5 Å². The van der Waals surface area contributed by atoms with Crippen LogP contribution in [0.3, 0.4) is 0 Å². The lowest BCUT2D eigenvalue weighted by Gasteiger charge is -2.16. The first-order chi connectivity index (χ1) is 11.5. The van der Waals surface area contributed by atoms with Gasteiger partial charge in [0.25, 0.3) is 0 Å². The van der Waals surface area contributed by atoms with Crippen LogP contribution in [0.1, 0.15) is 23.6 Å². The quantitative estimate of drug-likeness (QED) is 0.693. The Labute approximate surface area is 141 Å². The van der Waals surface area contributed by atoms with E-state index in [2.05, 4.69) is 42.5 Å². The maximum atomic E-state index is 5.86. The minimum absolute atomic E-state index is 0.271. The molecule has 0 fully saturated rings. The summed E-state index contributed by atoms with van der Waals surface area (Å²) in [4.78, 5) is 4.60. The summed E-state index contributed by atoms with van der Waals surface area (Å²) < 4.78 is 13.7. The predicted octanol–water partition coefficient (Wildman–Crippen LogP) is 4.58. The molecule has 0 aliphatic carbocycles. The van der Waals surface area contributed by atoms with E-state index in [0.717, 1.165) is 28.6 Å². The molecule has 122 valence electrons. The number of benzene rings is 2. The Balaban J connectivity index is 1.91. The summed E-state index contributed by atoms with van der Waals surface area (Å²) in [5.74, 6) is 2.39. The average Bonchev–Trinajstić information content (AvgIpc) is 3.11. The molecule has 3 aromatic rings. The Bertz CT molecular complexity index is 904. The molecule has 24 heavy (non-hydrogen) atoms. The SMILES string of the molecule is Cc1cc(C)c(-n2ccnc2-c2cccc3c2OC(C)O3)c(C)c1. The van der Waals surface area contributed by atoms with Crippen LogP contribution in [-0.2, 0) is 0 Å². The Morgan fingerprint density at radius 2 is 1.79 bits per heavy atom. The van der Waals surface area contributed by atoms with Crippen molar-refractivity contribution in [1.82, 2.24) is 9.55 Å². The molecule has 0 saturated heterocycles. The van der Waals surface area contributed by atoms with Crippen molar-refractivity contribution >= 4 is 0 Å². The molecule has 1 aromatic heterocycles. The zero-order chi connectivity index (χ0) is 16.8. The van der Waals surface area contributed by atoms with E-state index < -0.39 is 0 Å². The van der Waals surface area contributed by atoms with E-state index in [1.54, 1.807) is 0 Å². The van der Waals surface area contributed by atoms with Gasteiger partial charge >= 0.3 is 0 Å². The molecule has 1 atom stereocenters. The van der Waals surface area contributed by atoms with Gasteiger partial charge < -0.3 is 9.47 Å².